The van der Waals surface area contributed by atoms with E-state index in [1.165, 1.54) is 4.68 Å². The molecule has 1 aromatic heterocycles. The summed E-state index contributed by atoms with van der Waals surface area (Å²) in [4.78, 5) is 11.3. The van der Waals surface area contributed by atoms with E-state index >= 15 is 0 Å². The highest BCUT2D eigenvalue weighted by Crippen LogP contribution is 2.04. The molecule has 1 amide bonds. The Balaban J connectivity index is 2.71. The van der Waals surface area contributed by atoms with Gasteiger partial charge in [0, 0.05) is 13.6 Å². The van der Waals surface area contributed by atoms with Crippen molar-refractivity contribution < 1.29 is 4.79 Å². The second kappa shape index (κ2) is 3.88. The summed E-state index contributed by atoms with van der Waals surface area (Å²) in [6.07, 6.45) is 0.881. The lowest BCUT2D eigenvalue weighted by Gasteiger charge is -2.00. The third-order valence-corrected chi connectivity index (χ3v) is 1.62. The van der Waals surface area contributed by atoms with Crippen LogP contribution in [0.2, 0.25) is 0 Å². The van der Waals surface area contributed by atoms with Gasteiger partial charge >= 0.3 is 0 Å². The second-order valence-corrected chi connectivity index (χ2v) is 2.70. The minimum absolute atomic E-state index is 0.191. The Morgan fingerprint density at radius 3 is 2.85 bits per heavy atom. The van der Waals surface area contributed by atoms with E-state index in [0.717, 1.165) is 6.42 Å². The van der Waals surface area contributed by atoms with Gasteiger partial charge in [0.2, 0.25) is 0 Å². The van der Waals surface area contributed by atoms with Gasteiger partial charge in [-0.25, -0.2) is 4.68 Å². The molecule has 0 saturated carbocycles. The molecule has 6 nitrogen and oxygen atoms in total. The van der Waals surface area contributed by atoms with E-state index in [0.29, 0.717) is 6.54 Å². The summed E-state index contributed by atoms with van der Waals surface area (Å²) < 4.78 is 1.36. The SMILES string of the molecule is CCCNC(=O)c1nnn(C)c1N. The van der Waals surface area contributed by atoms with Crippen LogP contribution in [0.15, 0.2) is 0 Å². The fourth-order valence-corrected chi connectivity index (χ4v) is 0.848. The molecule has 0 aromatic carbocycles. The van der Waals surface area contributed by atoms with Gasteiger partial charge in [0.15, 0.2) is 11.5 Å². The van der Waals surface area contributed by atoms with Crippen molar-refractivity contribution in [3.05, 3.63) is 5.69 Å². The monoisotopic (exact) mass is 183 g/mol. The standard InChI is InChI=1S/C7H13N5O/c1-3-4-9-7(13)5-6(8)12(2)11-10-5/h3-4,8H2,1-2H3,(H,9,13). The average Bonchev–Trinajstić information content (AvgIpc) is 2.44. The highest BCUT2D eigenvalue weighted by Gasteiger charge is 2.14. The zero-order valence-corrected chi connectivity index (χ0v) is 7.74. The van der Waals surface area contributed by atoms with Crippen LogP contribution in [0.3, 0.4) is 0 Å². The summed E-state index contributed by atoms with van der Waals surface area (Å²) in [5.41, 5.74) is 5.74. The molecule has 72 valence electrons. The molecule has 0 fully saturated rings. The van der Waals surface area contributed by atoms with Crippen molar-refractivity contribution in [2.75, 3.05) is 12.3 Å². The van der Waals surface area contributed by atoms with Crippen LogP contribution >= 0.6 is 0 Å². The minimum Gasteiger partial charge on any atom is -0.382 e. The largest absolute Gasteiger partial charge is 0.382 e. The average molecular weight is 183 g/mol. The van der Waals surface area contributed by atoms with Gasteiger partial charge in [-0.05, 0) is 6.42 Å². The maximum absolute atomic E-state index is 11.3. The number of amides is 1. The predicted molar refractivity (Wildman–Crippen MR) is 48.0 cm³/mol. The van der Waals surface area contributed by atoms with Crippen LogP contribution in [0.4, 0.5) is 5.82 Å². The van der Waals surface area contributed by atoms with Crippen molar-refractivity contribution in [2.24, 2.45) is 7.05 Å². The van der Waals surface area contributed by atoms with Gasteiger partial charge in [-0.2, -0.15) is 0 Å². The van der Waals surface area contributed by atoms with Crippen LogP contribution in [-0.4, -0.2) is 27.4 Å². The topological polar surface area (TPSA) is 85.8 Å². The molecule has 1 heterocycles. The molecular formula is C7H13N5O. The predicted octanol–water partition coefficient (Wildman–Crippen LogP) is -0.463. The Bertz CT molecular complexity index is 306. The molecule has 0 radical (unpaired) electrons. The van der Waals surface area contributed by atoms with Gasteiger partial charge in [0.25, 0.3) is 5.91 Å². The number of nitrogen functional groups attached to an aromatic ring is 1. The first kappa shape index (κ1) is 9.50. The summed E-state index contributed by atoms with van der Waals surface area (Å²) in [5.74, 6) is 0.0149. The van der Waals surface area contributed by atoms with Gasteiger partial charge in [0.1, 0.15) is 0 Å². The molecule has 0 aliphatic rings. The first-order chi connectivity index (χ1) is 6.16. The number of anilines is 1. The first-order valence-corrected chi connectivity index (χ1v) is 4.10. The number of nitrogens with one attached hydrogen (secondary N) is 1. The quantitative estimate of drug-likeness (QED) is 0.663. The third-order valence-electron chi connectivity index (χ3n) is 1.62. The van der Waals surface area contributed by atoms with Crippen molar-refractivity contribution in [1.82, 2.24) is 20.3 Å². The number of rotatable bonds is 3. The van der Waals surface area contributed by atoms with E-state index < -0.39 is 0 Å². The van der Waals surface area contributed by atoms with Crippen molar-refractivity contribution in [3.63, 3.8) is 0 Å². The fraction of sp³-hybridized carbons (Fsp3) is 0.571. The maximum Gasteiger partial charge on any atom is 0.275 e. The number of aromatic nitrogens is 3. The highest BCUT2D eigenvalue weighted by atomic mass is 16.2. The molecule has 0 atom stereocenters. The van der Waals surface area contributed by atoms with Crippen LogP contribution in [-0.2, 0) is 7.05 Å². The molecule has 0 spiro atoms. The van der Waals surface area contributed by atoms with Crippen LogP contribution in [0, 0.1) is 0 Å². The van der Waals surface area contributed by atoms with Crippen molar-refractivity contribution in [1.29, 1.82) is 0 Å². The summed E-state index contributed by atoms with van der Waals surface area (Å²) in [6.45, 7) is 2.59. The van der Waals surface area contributed by atoms with E-state index in [2.05, 4.69) is 15.6 Å². The minimum atomic E-state index is -0.271. The number of hydrogen-bond donors (Lipinski definition) is 2. The van der Waals surface area contributed by atoms with Crippen LogP contribution in [0.1, 0.15) is 23.8 Å². The van der Waals surface area contributed by atoms with Gasteiger partial charge in [0.05, 0.1) is 0 Å². The normalized spacial score (nSPS) is 10.0. The van der Waals surface area contributed by atoms with Gasteiger partial charge in [-0.1, -0.05) is 12.1 Å². The Hall–Kier alpha value is -1.59. The molecule has 0 aliphatic carbocycles. The molecule has 0 saturated heterocycles. The zero-order chi connectivity index (χ0) is 9.84. The Labute approximate surface area is 76.1 Å². The number of carbonyl (C=O) groups is 1. The molecule has 6 heteroatoms. The van der Waals surface area contributed by atoms with E-state index in [9.17, 15) is 4.79 Å². The van der Waals surface area contributed by atoms with E-state index in [4.69, 9.17) is 5.73 Å². The molecule has 13 heavy (non-hydrogen) atoms. The summed E-state index contributed by atoms with van der Waals surface area (Å²) in [5, 5.41) is 9.94. The van der Waals surface area contributed by atoms with Crippen LogP contribution < -0.4 is 11.1 Å². The van der Waals surface area contributed by atoms with E-state index in [-0.39, 0.29) is 17.4 Å². The van der Waals surface area contributed by atoms with E-state index in [1.54, 1.807) is 7.05 Å². The van der Waals surface area contributed by atoms with Gasteiger partial charge < -0.3 is 11.1 Å². The summed E-state index contributed by atoms with van der Waals surface area (Å²) in [6, 6.07) is 0. The molecule has 0 aliphatic heterocycles. The van der Waals surface area contributed by atoms with Crippen LogP contribution in [0.5, 0.6) is 0 Å². The highest BCUT2D eigenvalue weighted by molar-refractivity contribution is 5.96. The lowest BCUT2D eigenvalue weighted by atomic mass is 10.4. The van der Waals surface area contributed by atoms with Crippen molar-refractivity contribution >= 4 is 11.7 Å². The Morgan fingerprint density at radius 2 is 2.38 bits per heavy atom. The lowest BCUT2D eigenvalue weighted by molar-refractivity contribution is 0.0949. The third kappa shape index (κ3) is 1.95. The zero-order valence-electron chi connectivity index (χ0n) is 7.74. The van der Waals surface area contributed by atoms with Crippen molar-refractivity contribution in [3.8, 4) is 0 Å². The first-order valence-electron chi connectivity index (χ1n) is 4.10. The van der Waals surface area contributed by atoms with Crippen LogP contribution in [0.25, 0.3) is 0 Å². The number of aryl methyl sites for hydroxylation is 1. The number of hydrogen-bond acceptors (Lipinski definition) is 4. The summed E-state index contributed by atoms with van der Waals surface area (Å²) in [7, 11) is 1.64. The lowest BCUT2D eigenvalue weighted by Crippen LogP contribution is -2.25. The Kier molecular flexibility index (Phi) is 2.84. The van der Waals surface area contributed by atoms with E-state index in [1.807, 2.05) is 6.92 Å². The molecule has 0 bridgehead atoms. The number of nitrogens with two attached hydrogens (primary N) is 1. The molecule has 1 rings (SSSR count). The molecule has 1 aromatic rings. The molecular weight excluding hydrogens is 170 g/mol. The van der Waals surface area contributed by atoms with Gasteiger partial charge in [-0.3, -0.25) is 4.79 Å². The smallest absolute Gasteiger partial charge is 0.275 e. The second-order valence-electron chi connectivity index (χ2n) is 2.70. The Morgan fingerprint density at radius 1 is 1.69 bits per heavy atom. The fourth-order valence-electron chi connectivity index (χ4n) is 0.848. The van der Waals surface area contributed by atoms with Gasteiger partial charge in [-0.15, -0.1) is 5.10 Å². The number of nitrogens with zero attached hydrogens (tertiary/aromatic N) is 3. The maximum atomic E-state index is 11.3. The summed E-state index contributed by atoms with van der Waals surface area (Å²) >= 11 is 0. The molecule has 3 N–H and O–H groups in total. The number of carbonyl (C=O) groups excluding carboxylic acids is 1. The molecule has 0 unspecified atom stereocenters. The van der Waals surface area contributed by atoms with Crippen molar-refractivity contribution in [2.45, 2.75) is 13.3 Å².